The van der Waals surface area contributed by atoms with Crippen LogP contribution in [0, 0.1) is 5.92 Å². The highest BCUT2D eigenvalue weighted by Crippen LogP contribution is 2.38. The maximum Gasteiger partial charge on any atom is 0.240 e. The predicted molar refractivity (Wildman–Crippen MR) is 110 cm³/mol. The highest BCUT2D eigenvalue weighted by Gasteiger charge is 2.42. The van der Waals surface area contributed by atoms with Crippen LogP contribution in [-0.4, -0.2) is 41.0 Å². The van der Waals surface area contributed by atoms with Gasteiger partial charge >= 0.3 is 0 Å². The first-order valence-corrected chi connectivity index (χ1v) is 10.4. The second kappa shape index (κ2) is 7.70. The van der Waals surface area contributed by atoms with Crippen molar-refractivity contribution in [3.63, 3.8) is 0 Å². The van der Waals surface area contributed by atoms with Gasteiger partial charge in [-0.2, -0.15) is 0 Å². The third kappa shape index (κ3) is 3.48. The minimum absolute atomic E-state index is 0.154. The molecule has 3 saturated heterocycles. The Balaban J connectivity index is 1.32. The first-order valence-electron chi connectivity index (χ1n) is 10.4. The molecule has 0 bridgehead atoms. The fourth-order valence-electron chi connectivity index (χ4n) is 5.02. The van der Waals surface area contributed by atoms with Gasteiger partial charge in [-0.05, 0) is 43.0 Å². The Kier molecular flexibility index (Phi) is 4.91. The van der Waals surface area contributed by atoms with Crippen molar-refractivity contribution in [1.82, 2.24) is 26.1 Å². The number of carbonyl (C=O) groups is 1. The third-order valence-corrected chi connectivity index (χ3v) is 6.55. The predicted octanol–water partition coefficient (Wildman–Crippen LogP) is 0.799. The van der Waals surface area contributed by atoms with Gasteiger partial charge in [-0.25, -0.2) is 5.43 Å². The molecule has 5 rings (SSSR count). The third-order valence-electron chi connectivity index (χ3n) is 6.55. The summed E-state index contributed by atoms with van der Waals surface area (Å²) in [5.74, 6) is 0.178. The summed E-state index contributed by atoms with van der Waals surface area (Å²) >= 11 is 0. The van der Waals surface area contributed by atoms with Gasteiger partial charge in [0.05, 0.1) is 23.6 Å². The zero-order chi connectivity index (χ0) is 19.8. The minimum atomic E-state index is -0.257. The van der Waals surface area contributed by atoms with Gasteiger partial charge in [0.2, 0.25) is 5.91 Å². The molecule has 5 N–H and O–H groups in total. The molecule has 3 fully saturated rings. The van der Waals surface area contributed by atoms with Gasteiger partial charge in [-0.15, -0.1) is 0 Å². The fraction of sp³-hybridized carbons (Fsp3) is 0.476. The van der Waals surface area contributed by atoms with Crippen molar-refractivity contribution >= 4 is 11.6 Å². The van der Waals surface area contributed by atoms with E-state index in [4.69, 9.17) is 10.7 Å². The lowest BCUT2D eigenvalue weighted by Gasteiger charge is -2.34. The smallest absolute Gasteiger partial charge is 0.240 e. The second-order valence-electron chi connectivity index (χ2n) is 8.21. The van der Waals surface area contributed by atoms with Crippen LogP contribution < -0.4 is 26.8 Å². The molecule has 0 aromatic carbocycles. The summed E-state index contributed by atoms with van der Waals surface area (Å²) in [6.07, 6.45) is 8.45. The Morgan fingerprint density at radius 2 is 2.14 bits per heavy atom. The van der Waals surface area contributed by atoms with Gasteiger partial charge in [0.25, 0.3) is 0 Å². The van der Waals surface area contributed by atoms with E-state index in [1.807, 2.05) is 24.7 Å². The number of carbonyl (C=O) groups excluding carboxylic acids is 1. The van der Waals surface area contributed by atoms with Crippen molar-refractivity contribution < 1.29 is 4.79 Å². The molecule has 5 atom stereocenters. The molecular formula is C21H27N7O. The van der Waals surface area contributed by atoms with E-state index in [0.29, 0.717) is 18.0 Å². The largest absolute Gasteiger partial charge is 0.368 e. The van der Waals surface area contributed by atoms with E-state index < -0.39 is 0 Å². The van der Waals surface area contributed by atoms with Crippen molar-refractivity contribution in [3.8, 4) is 0 Å². The molecule has 8 nitrogen and oxygen atoms in total. The molecule has 1 amide bonds. The standard InChI is InChI=1S/C21H27N7O/c22-21(29)19-4-2-8-28(19)14-5-6-16(24-11-14)20-15-9-17(13-3-1-7-23-10-13)25-12-18(15)26-27-20/h1,3,5-7,10-11,15,17-20,25-27H,2,4,8-9,12H2,(H2,22,29)/t15?,17?,18?,19-,20?/m0/s1. The van der Waals surface area contributed by atoms with Crippen molar-refractivity contribution in [3.05, 3.63) is 54.1 Å². The number of nitrogens with zero attached hydrogens (tertiary/aromatic N) is 3. The number of piperidine rings is 1. The maximum atomic E-state index is 11.7. The lowest BCUT2D eigenvalue weighted by molar-refractivity contribution is -0.119. The van der Waals surface area contributed by atoms with E-state index in [2.05, 4.69) is 44.3 Å². The number of primary amides is 1. The molecule has 2 aromatic rings. The first kappa shape index (κ1) is 18.5. The van der Waals surface area contributed by atoms with Gasteiger partial charge in [0.1, 0.15) is 6.04 Å². The van der Waals surface area contributed by atoms with E-state index in [1.165, 1.54) is 5.56 Å². The molecule has 4 unspecified atom stereocenters. The van der Waals surface area contributed by atoms with E-state index in [1.54, 1.807) is 0 Å². The summed E-state index contributed by atoms with van der Waals surface area (Å²) in [7, 11) is 0. The average molecular weight is 393 g/mol. The zero-order valence-electron chi connectivity index (χ0n) is 16.3. The van der Waals surface area contributed by atoms with Crippen LogP contribution in [0.1, 0.15) is 42.6 Å². The molecule has 3 aliphatic heterocycles. The van der Waals surface area contributed by atoms with Gasteiger partial charge in [0, 0.05) is 43.5 Å². The zero-order valence-corrected chi connectivity index (χ0v) is 16.3. The molecule has 2 aromatic heterocycles. The van der Waals surface area contributed by atoms with Crippen molar-refractivity contribution in [2.24, 2.45) is 11.7 Å². The molecule has 5 heterocycles. The van der Waals surface area contributed by atoms with Crippen molar-refractivity contribution in [2.45, 2.75) is 43.4 Å². The van der Waals surface area contributed by atoms with E-state index in [-0.39, 0.29) is 18.0 Å². The Bertz CT molecular complexity index is 859. The summed E-state index contributed by atoms with van der Waals surface area (Å²) in [5, 5.41) is 3.63. The summed E-state index contributed by atoms with van der Waals surface area (Å²) < 4.78 is 0. The molecule has 0 radical (unpaired) electrons. The molecular weight excluding hydrogens is 366 g/mol. The van der Waals surface area contributed by atoms with Crippen LogP contribution >= 0.6 is 0 Å². The number of pyridine rings is 2. The van der Waals surface area contributed by atoms with Gasteiger partial charge in [-0.1, -0.05) is 6.07 Å². The number of hydrazine groups is 1. The van der Waals surface area contributed by atoms with E-state index in [0.717, 1.165) is 43.7 Å². The van der Waals surface area contributed by atoms with E-state index in [9.17, 15) is 4.79 Å². The molecule has 29 heavy (non-hydrogen) atoms. The number of aromatic nitrogens is 2. The van der Waals surface area contributed by atoms with Crippen LogP contribution in [-0.2, 0) is 4.79 Å². The molecule has 152 valence electrons. The lowest BCUT2D eigenvalue weighted by Crippen LogP contribution is -2.46. The Hall–Kier alpha value is -2.55. The van der Waals surface area contributed by atoms with Crippen LogP contribution in [0.5, 0.6) is 0 Å². The molecule has 3 aliphatic rings. The summed E-state index contributed by atoms with van der Waals surface area (Å²) in [6.45, 7) is 1.75. The average Bonchev–Trinajstić information content (AvgIpc) is 3.41. The lowest BCUT2D eigenvalue weighted by atomic mass is 9.81. The summed E-state index contributed by atoms with van der Waals surface area (Å²) in [6, 6.07) is 8.87. The van der Waals surface area contributed by atoms with Crippen LogP contribution in [0.15, 0.2) is 42.9 Å². The molecule has 8 heteroatoms. The summed E-state index contributed by atoms with van der Waals surface area (Å²) in [5.41, 5.74) is 15.7. The Morgan fingerprint density at radius 1 is 1.21 bits per heavy atom. The fourth-order valence-corrected chi connectivity index (χ4v) is 5.02. The second-order valence-corrected chi connectivity index (χ2v) is 8.21. The van der Waals surface area contributed by atoms with Crippen LogP contribution in [0.3, 0.4) is 0 Å². The topological polar surface area (TPSA) is 108 Å². The molecule has 0 aliphatic carbocycles. The SMILES string of the molecule is NC(=O)[C@@H]1CCCN1c1ccc(C2NNC3CNC(c4cccnc4)CC32)nc1. The number of hydrogen-bond acceptors (Lipinski definition) is 7. The number of hydrogen-bond donors (Lipinski definition) is 4. The highest BCUT2D eigenvalue weighted by molar-refractivity contribution is 5.84. The van der Waals surface area contributed by atoms with Gasteiger partial charge in [0.15, 0.2) is 0 Å². The number of fused-ring (bicyclic) bond motifs is 1. The quantitative estimate of drug-likeness (QED) is 0.608. The van der Waals surface area contributed by atoms with Crippen LogP contribution in [0.2, 0.25) is 0 Å². The normalized spacial score (nSPS) is 31.6. The maximum absolute atomic E-state index is 11.7. The monoisotopic (exact) mass is 393 g/mol. The van der Waals surface area contributed by atoms with Gasteiger partial charge in [-0.3, -0.25) is 20.2 Å². The Labute approximate surface area is 170 Å². The Morgan fingerprint density at radius 3 is 2.90 bits per heavy atom. The van der Waals surface area contributed by atoms with Crippen molar-refractivity contribution in [1.29, 1.82) is 0 Å². The number of nitrogens with two attached hydrogens (primary N) is 1. The van der Waals surface area contributed by atoms with Gasteiger partial charge < -0.3 is 16.0 Å². The van der Waals surface area contributed by atoms with Crippen molar-refractivity contribution in [2.75, 3.05) is 18.0 Å². The number of nitrogens with one attached hydrogen (secondary N) is 3. The highest BCUT2D eigenvalue weighted by atomic mass is 16.1. The van der Waals surface area contributed by atoms with Crippen LogP contribution in [0.25, 0.3) is 0 Å². The summed E-state index contributed by atoms with van der Waals surface area (Å²) in [4.78, 5) is 22.8. The van der Waals surface area contributed by atoms with Crippen LogP contribution in [0.4, 0.5) is 5.69 Å². The minimum Gasteiger partial charge on any atom is -0.368 e. The first-order chi connectivity index (χ1) is 14.2. The number of amides is 1. The number of rotatable bonds is 4. The number of anilines is 1. The molecule has 0 spiro atoms. The van der Waals surface area contributed by atoms with E-state index >= 15 is 0 Å². The molecule has 0 saturated carbocycles.